The van der Waals surface area contributed by atoms with Gasteiger partial charge in [0.05, 0.1) is 11.2 Å². The first-order valence-electron chi connectivity index (χ1n) is 6.88. The van der Waals surface area contributed by atoms with Gasteiger partial charge >= 0.3 is 0 Å². The van der Waals surface area contributed by atoms with Gasteiger partial charge in [-0.3, -0.25) is 0 Å². The summed E-state index contributed by atoms with van der Waals surface area (Å²) in [6.45, 7) is 8.69. The summed E-state index contributed by atoms with van der Waals surface area (Å²) < 4.78 is 1.94. The third-order valence-corrected chi connectivity index (χ3v) is 3.54. The van der Waals surface area contributed by atoms with Crippen LogP contribution in [-0.2, 0) is 5.41 Å². The molecule has 0 saturated carbocycles. The lowest BCUT2D eigenvalue weighted by atomic mass is 9.92. The fourth-order valence-electron chi connectivity index (χ4n) is 2.49. The van der Waals surface area contributed by atoms with E-state index in [1.54, 1.807) is 0 Å². The lowest BCUT2D eigenvalue weighted by Crippen LogP contribution is -2.18. The third kappa shape index (κ3) is 2.09. The second kappa shape index (κ2) is 4.44. The van der Waals surface area contributed by atoms with Crippen LogP contribution in [0.2, 0.25) is 0 Å². The quantitative estimate of drug-likeness (QED) is 0.665. The highest BCUT2D eigenvalue weighted by molar-refractivity contribution is 5.82. The minimum absolute atomic E-state index is 0.0394. The van der Waals surface area contributed by atoms with E-state index in [2.05, 4.69) is 51.0 Å². The van der Waals surface area contributed by atoms with Crippen molar-refractivity contribution in [1.82, 2.24) is 14.8 Å². The van der Waals surface area contributed by atoms with Crippen LogP contribution in [0.15, 0.2) is 42.6 Å². The number of aromatic nitrogens is 3. The van der Waals surface area contributed by atoms with Gasteiger partial charge in [0.1, 0.15) is 0 Å². The van der Waals surface area contributed by atoms with E-state index < -0.39 is 0 Å². The molecule has 3 heteroatoms. The van der Waals surface area contributed by atoms with Crippen molar-refractivity contribution < 1.29 is 0 Å². The van der Waals surface area contributed by atoms with Gasteiger partial charge in [0, 0.05) is 17.0 Å². The van der Waals surface area contributed by atoms with E-state index >= 15 is 0 Å². The predicted molar refractivity (Wildman–Crippen MR) is 82.3 cm³/mol. The summed E-state index contributed by atoms with van der Waals surface area (Å²) in [6, 6.07) is 12.4. The van der Waals surface area contributed by atoms with Gasteiger partial charge in [-0.1, -0.05) is 39.0 Å². The topological polar surface area (TPSA) is 30.7 Å². The van der Waals surface area contributed by atoms with E-state index in [4.69, 9.17) is 4.98 Å². The van der Waals surface area contributed by atoms with Gasteiger partial charge in [0.25, 0.3) is 0 Å². The van der Waals surface area contributed by atoms with E-state index in [0.717, 1.165) is 11.3 Å². The van der Waals surface area contributed by atoms with Gasteiger partial charge < -0.3 is 0 Å². The molecular formula is C17H19N3. The van der Waals surface area contributed by atoms with Gasteiger partial charge in [0.2, 0.25) is 0 Å². The van der Waals surface area contributed by atoms with E-state index in [0.29, 0.717) is 0 Å². The van der Waals surface area contributed by atoms with Crippen molar-refractivity contribution >= 4 is 10.9 Å². The van der Waals surface area contributed by atoms with E-state index in [-0.39, 0.29) is 5.41 Å². The zero-order valence-electron chi connectivity index (χ0n) is 12.4. The second-order valence-electron chi connectivity index (χ2n) is 6.19. The molecule has 0 unspecified atom stereocenters. The zero-order chi connectivity index (χ0) is 14.3. The Bertz CT molecular complexity index is 763. The molecule has 0 aliphatic carbocycles. The van der Waals surface area contributed by atoms with Crippen LogP contribution in [-0.4, -0.2) is 14.8 Å². The molecule has 0 fully saturated rings. The van der Waals surface area contributed by atoms with Crippen LogP contribution in [0.25, 0.3) is 16.7 Å². The predicted octanol–water partition coefficient (Wildman–Crippen LogP) is 4.03. The molecule has 0 amide bonds. The lowest BCUT2D eigenvalue weighted by molar-refractivity contribution is 0.541. The molecular weight excluding hydrogens is 246 g/mol. The molecule has 1 aromatic carbocycles. The monoisotopic (exact) mass is 265 g/mol. The standard InChI is InChI=1S/C17H19N3/c1-12-11-16(19-14-8-6-5-7-13(12)14)20-15(9-10-18-20)17(2,3)4/h5-11H,1-4H3. The van der Waals surface area contributed by atoms with Crippen LogP contribution < -0.4 is 0 Å². The van der Waals surface area contributed by atoms with Crippen LogP contribution in [0.3, 0.4) is 0 Å². The molecule has 0 spiro atoms. The molecule has 2 aromatic heterocycles. The molecule has 0 aliphatic heterocycles. The summed E-state index contributed by atoms with van der Waals surface area (Å²) in [5.74, 6) is 0.885. The van der Waals surface area contributed by atoms with Crippen molar-refractivity contribution in [3.63, 3.8) is 0 Å². The molecule has 3 rings (SSSR count). The molecule has 0 saturated heterocycles. The first-order valence-corrected chi connectivity index (χ1v) is 6.88. The molecule has 3 aromatic rings. The van der Waals surface area contributed by atoms with Crippen molar-refractivity contribution in [2.24, 2.45) is 0 Å². The van der Waals surface area contributed by atoms with Gasteiger partial charge in [-0.2, -0.15) is 5.10 Å². The minimum Gasteiger partial charge on any atom is -0.229 e. The number of benzene rings is 1. The number of aryl methyl sites for hydroxylation is 1. The van der Waals surface area contributed by atoms with Gasteiger partial charge in [-0.25, -0.2) is 9.67 Å². The Morgan fingerprint density at radius 3 is 2.55 bits per heavy atom. The highest BCUT2D eigenvalue weighted by Crippen LogP contribution is 2.25. The normalized spacial score (nSPS) is 12.0. The fraction of sp³-hybridized carbons (Fsp3) is 0.294. The summed E-state index contributed by atoms with van der Waals surface area (Å²) in [7, 11) is 0. The number of pyridine rings is 1. The summed E-state index contributed by atoms with van der Waals surface area (Å²) in [6.07, 6.45) is 1.84. The number of fused-ring (bicyclic) bond motifs is 1. The summed E-state index contributed by atoms with van der Waals surface area (Å²) in [5, 5.41) is 5.65. The van der Waals surface area contributed by atoms with Crippen LogP contribution in [0.4, 0.5) is 0 Å². The Kier molecular flexibility index (Phi) is 2.85. The fourth-order valence-corrected chi connectivity index (χ4v) is 2.49. The number of para-hydroxylation sites is 1. The zero-order valence-corrected chi connectivity index (χ0v) is 12.4. The molecule has 20 heavy (non-hydrogen) atoms. The minimum atomic E-state index is 0.0394. The maximum absolute atomic E-state index is 4.75. The van der Waals surface area contributed by atoms with Crippen LogP contribution in [0.1, 0.15) is 32.0 Å². The van der Waals surface area contributed by atoms with Crippen molar-refractivity contribution in [2.75, 3.05) is 0 Å². The molecule has 0 atom stereocenters. The molecule has 0 N–H and O–H groups in total. The average Bonchev–Trinajstić information content (AvgIpc) is 2.88. The molecule has 102 valence electrons. The average molecular weight is 265 g/mol. The smallest absolute Gasteiger partial charge is 0.154 e. The second-order valence-corrected chi connectivity index (χ2v) is 6.19. The number of hydrogen-bond acceptors (Lipinski definition) is 2. The van der Waals surface area contributed by atoms with Crippen molar-refractivity contribution in [3.8, 4) is 5.82 Å². The van der Waals surface area contributed by atoms with Crippen molar-refractivity contribution in [1.29, 1.82) is 0 Å². The first-order chi connectivity index (χ1) is 9.47. The van der Waals surface area contributed by atoms with Gasteiger partial charge in [0.15, 0.2) is 5.82 Å². The Labute approximate surface area is 119 Å². The van der Waals surface area contributed by atoms with E-state index in [1.165, 1.54) is 16.6 Å². The maximum atomic E-state index is 4.75. The number of nitrogens with zero attached hydrogens (tertiary/aromatic N) is 3. The number of rotatable bonds is 1. The Hall–Kier alpha value is -2.16. The SMILES string of the molecule is Cc1cc(-n2nccc2C(C)(C)C)nc2ccccc12. The van der Waals surface area contributed by atoms with Gasteiger partial charge in [-0.05, 0) is 30.7 Å². The summed E-state index contributed by atoms with van der Waals surface area (Å²) >= 11 is 0. The molecule has 0 radical (unpaired) electrons. The Morgan fingerprint density at radius 2 is 1.80 bits per heavy atom. The van der Waals surface area contributed by atoms with Gasteiger partial charge in [-0.15, -0.1) is 0 Å². The highest BCUT2D eigenvalue weighted by atomic mass is 15.3. The molecule has 0 bridgehead atoms. The summed E-state index contributed by atoms with van der Waals surface area (Å²) in [4.78, 5) is 4.75. The van der Waals surface area contributed by atoms with Crippen LogP contribution in [0, 0.1) is 6.92 Å². The van der Waals surface area contributed by atoms with E-state index in [1.807, 2.05) is 29.1 Å². The van der Waals surface area contributed by atoms with Crippen molar-refractivity contribution in [3.05, 3.63) is 53.9 Å². The molecule has 0 aliphatic rings. The summed E-state index contributed by atoms with van der Waals surface area (Å²) in [5.41, 5.74) is 3.44. The number of hydrogen-bond donors (Lipinski definition) is 0. The molecule has 2 heterocycles. The third-order valence-electron chi connectivity index (χ3n) is 3.54. The van der Waals surface area contributed by atoms with Crippen LogP contribution in [0.5, 0.6) is 0 Å². The lowest BCUT2D eigenvalue weighted by Gasteiger charge is -2.20. The Morgan fingerprint density at radius 1 is 1.05 bits per heavy atom. The van der Waals surface area contributed by atoms with Crippen LogP contribution >= 0.6 is 0 Å². The largest absolute Gasteiger partial charge is 0.229 e. The molecule has 3 nitrogen and oxygen atoms in total. The first kappa shape index (κ1) is 12.9. The van der Waals surface area contributed by atoms with E-state index in [9.17, 15) is 0 Å². The van der Waals surface area contributed by atoms with Crippen molar-refractivity contribution in [2.45, 2.75) is 33.1 Å². The maximum Gasteiger partial charge on any atom is 0.154 e. The highest BCUT2D eigenvalue weighted by Gasteiger charge is 2.20. The Balaban J connectivity index is 2.23.